The van der Waals surface area contributed by atoms with E-state index in [1.807, 2.05) is 72.8 Å². The maximum atomic E-state index is 14.1. The highest BCUT2D eigenvalue weighted by molar-refractivity contribution is 6.31. The minimum atomic E-state index is -4.60. The van der Waals surface area contributed by atoms with Crippen LogP contribution in [0.25, 0.3) is 88.1 Å². The van der Waals surface area contributed by atoms with E-state index in [2.05, 4.69) is 9.97 Å². The number of aromatic nitrogens is 2. The molecule has 0 bridgehead atoms. The summed E-state index contributed by atoms with van der Waals surface area (Å²) >= 11 is 0. The lowest BCUT2D eigenvalue weighted by molar-refractivity contribution is -0.137. The van der Waals surface area contributed by atoms with Crippen molar-refractivity contribution in [2.75, 3.05) is 11.5 Å². The van der Waals surface area contributed by atoms with Gasteiger partial charge in [0, 0.05) is 55.1 Å². The van der Waals surface area contributed by atoms with Crippen molar-refractivity contribution in [3.8, 4) is 44.5 Å². The summed E-state index contributed by atoms with van der Waals surface area (Å²) in [7, 11) is 0. The fourth-order valence-electron chi connectivity index (χ4n) is 7.73. The Labute approximate surface area is 303 Å². The van der Waals surface area contributed by atoms with E-state index >= 15 is 0 Å². The smallest absolute Gasteiger partial charge is 0.399 e. The molecule has 9 aromatic rings. The molecule has 0 saturated heterocycles. The third-order valence-corrected chi connectivity index (χ3v) is 10.1. The van der Waals surface area contributed by atoms with Gasteiger partial charge >= 0.3 is 12.4 Å². The highest BCUT2D eigenvalue weighted by Crippen LogP contribution is 2.49. The molecule has 6 N–H and O–H groups in total. The Balaban J connectivity index is 1.30. The lowest BCUT2D eigenvalue weighted by atomic mass is 9.88. The van der Waals surface area contributed by atoms with E-state index in [4.69, 9.17) is 11.5 Å². The molecule has 0 saturated carbocycles. The first-order chi connectivity index (χ1) is 25.9. The van der Waals surface area contributed by atoms with Gasteiger partial charge in [-0.25, -0.2) is 0 Å². The number of hydrogen-bond acceptors (Lipinski definition) is 2. The van der Waals surface area contributed by atoms with Crippen LogP contribution in [-0.4, -0.2) is 9.97 Å². The number of rotatable bonds is 4. The highest BCUT2D eigenvalue weighted by Gasteiger charge is 2.35. The number of hydrogen-bond donors (Lipinski definition) is 4. The first-order valence-electron chi connectivity index (χ1n) is 17.0. The van der Waals surface area contributed by atoms with Crippen molar-refractivity contribution >= 4 is 55.0 Å². The Morgan fingerprint density at radius 2 is 0.759 bits per heavy atom. The van der Waals surface area contributed by atoms with Crippen LogP contribution in [-0.2, 0) is 12.4 Å². The van der Waals surface area contributed by atoms with Crippen LogP contribution in [0.4, 0.5) is 37.7 Å². The number of benzene rings is 7. The van der Waals surface area contributed by atoms with Gasteiger partial charge in [0.15, 0.2) is 0 Å². The van der Waals surface area contributed by atoms with Gasteiger partial charge < -0.3 is 21.4 Å². The van der Waals surface area contributed by atoms with Gasteiger partial charge in [0.1, 0.15) is 0 Å². The lowest BCUT2D eigenvalue weighted by Gasteiger charge is -2.16. The van der Waals surface area contributed by atoms with Gasteiger partial charge in [-0.2, -0.15) is 26.3 Å². The molecule has 2 aromatic heterocycles. The van der Waals surface area contributed by atoms with Gasteiger partial charge in [-0.1, -0.05) is 97.1 Å². The van der Waals surface area contributed by atoms with Crippen LogP contribution in [0.3, 0.4) is 0 Å². The van der Waals surface area contributed by atoms with Gasteiger partial charge in [-0.15, -0.1) is 0 Å². The fraction of sp³-hybridized carbons (Fsp3) is 0.0455. The molecule has 54 heavy (non-hydrogen) atoms. The molecule has 266 valence electrons. The van der Waals surface area contributed by atoms with E-state index in [-0.39, 0.29) is 22.5 Å². The Hall–Kier alpha value is -6.68. The summed E-state index contributed by atoms with van der Waals surface area (Å²) in [6, 6.07) is 37.3. The zero-order valence-electron chi connectivity index (χ0n) is 28.1. The summed E-state index contributed by atoms with van der Waals surface area (Å²) in [6.07, 6.45) is -9.19. The standard InChI is InChI=1S/C44H28F6N4/c45-43(46,47)33-21-27(51)17-19-29(33)23-9-13-25(14-10-23)37-39-31-5-1-3-7-35(31)53-41(39)38(40-32-6-2-4-8-36(32)54-42(37)40)26-15-11-24(12-16-26)30-20-18-28(52)22-34(30)44(48,49)50/h1-22,53-54H,51-52H2. The van der Waals surface area contributed by atoms with Crippen molar-refractivity contribution < 1.29 is 26.3 Å². The van der Waals surface area contributed by atoms with Gasteiger partial charge in [-0.05, 0) is 69.8 Å². The van der Waals surface area contributed by atoms with E-state index in [0.717, 1.165) is 78.0 Å². The molecule has 0 radical (unpaired) electrons. The predicted octanol–water partition coefficient (Wildman–Crippen LogP) is 12.8. The average Bonchev–Trinajstić information content (AvgIpc) is 3.72. The molecular formula is C44H28F6N4. The van der Waals surface area contributed by atoms with Crippen LogP contribution >= 0.6 is 0 Å². The van der Waals surface area contributed by atoms with Gasteiger partial charge in [0.2, 0.25) is 0 Å². The quantitative estimate of drug-likeness (QED) is 0.108. The number of nitrogens with two attached hydrogens (primary N) is 2. The molecule has 10 heteroatoms. The summed E-state index contributed by atoms with van der Waals surface area (Å²) in [5.74, 6) is 0. The first kappa shape index (κ1) is 33.2. The number of fused-ring (bicyclic) bond motifs is 6. The van der Waals surface area contributed by atoms with Gasteiger partial charge in [0.25, 0.3) is 0 Å². The van der Waals surface area contributed by atoms with E-state index < -0.39 is 23.5 Å². The van der Waals surface area contributed by atoms with Crippen LogP contribution < -0.4 is 11.5 Å². The number of halogens is 6. The van der Waals surface area contributed by atoms with Crippen molar-refractivity contribution in [2.45, 2.75) is 12.4 Å². The van der Waals surface area contributed by atoms with E-state index in [1.165, 1.54) is 24.3 Å². The van der Waals surface area contributed by atoms with E-state index in [1.54, 1.807) is 24.3 Å². The highest BCUT2D eigenvalue weighted by atomic mass is 19.4. The molecule has 9 rings (SSSR count). The number of anilines is 2. The zero-order valence-corrected chi connectivity index (χ0v) is 28.1. The minimum absolute atomic E-state index is 0.0244. The summed E-state index contributed by atoms with van der Waals surface area (Å²) in [5.41, 5.74) is 17.3. The van der Waals surface area contributed by atoms with Crippen molar-refractivity contribution in [1.82, 2.24) is 9.97 Å². The average molecular weight is 727 g/mol. The Kier molecular flexibility index (Phi) is 7.33. The molecule has 0 fully saturated rings. The normalized spacial score (nSPS) is 12.4. The molecule has 0 amide bonds. The number of H-pyrrole nitrogens is 2. The molecule has 0 aliphatic rings. The molecule has 0 aliphatic carbocycles. The Morgan fingerprint density at radius 3 is 1.13 bits per heavy atom. The van der Waals surface area contributed by atoms with Gasteiger partial charge in [0.05, 0.1) is 22.2 Å². The number of alkyl halides is 6. The van der Waals surface area contributed by atoms with Crippen molar-refractivity contribution in [2.24, 2.45) is 0 Å². The molecule has 0 unspecified atom stereocenters. The van der Waals surface area contributed by atoms with Crippen LogP contribution in [0.2, 0.25) is 0 Å². The number of nitrogens with one attached hydrogen (secondary N) is 2. The topological polar surface area (TPSA) is 83.6 Å². The molecule has 0 spiro atoms. The minimum Gasteiger partial charge on any atom is -0.399 e. The SMILES string of the molecule is Nc1ccc(-c2ccc(-c3c4[nH]c5ccccc5c4c(-c4ccc(-c5ccc(N)cc5C(F)(F)F)cc4)c4[nH]c5ccccc5c34)cc2)c(C(F)(F)F)c1. The number of para-hydroxylation sites is 2. The maximum Gasteiger partial charge on any atom is 0.417 e. The lowest BCUT2D eigenvalue weighted by Crippen LogP contribution is -2.08. The fourth-order valence-corrected chi connectivity index (χ4v) is 7.73. The van der Waals surface area contributed by atoms with Crippen LogP contribution in [0, 0.1) is 0 Å². The molecule has 0 aliphatic heterocycles. The number of nitrogen functional groups attached to an aromatic ring is 2. The first-order valence-corrected chi connectivity index (χ1v) is 17.0. The Morgan fingerprint density at radius 1 is 0.407 bits per heavy atom. The summed E-state index contributed by atoms with van der Waals surface area (Å²) in [6.45, 7) is 0. The van der Waals surface area contributed by atoms with Crippen LogP contribution in [0.5, 0.6) is 0 Å². The molecule has 7 aromatic carbocycles. The van der Waals surface area contributed by atoms with Crippen molar-refractivity contribution in [3.05, 3.63) is 145 Å². The molecule has 2 heterocycles. The summed E-state index contributed by atoms with van der Waals surface area (Å²) < 4.78 is 84.4. The second kappa shape index (κ2) is 11.9. The molecule has 0 atom stereocenters. The van der Waals surface area contributed by atoms with Crippen molar-refractivity contribution in [1.29, 1.82) is 0 Å². The predicted molar refractivity (Wildman–Crippen MR) is 206 cm³/mol. The Bertz CT molecular complexity index is 2710. The van der Waals surface area contributed by atoms with Crippen LogP contribution in [0.15, 0.2) is 133 Å². The second-order valence-corrected chi connectivity index (χ2v) is 13.4. The second-order valence-electron chi connectivity index (χ2n) is 13.4. The van der Waals surface area contributed by atoms with Crippen molar-refractivity contribution in [3.63, 3.8) is 0 Å². The third-order valence-electron chi connectivity index (χ3n) is 10.1. The van der Waals surface area contributed by atoms with Crippen LogP contribution in [0.1, 0.15) is 11.1 Å². The van der Waals surface area contributed by atoms with E-state index in [9.17, 15) is 26.3 Å². The third kappa shape index (κ3) is 5.32. The largest absolute Gasteiger partial charge is 0.417 e. The van der Waals surface area contributed by atoms with Gasteiger partial charge in [-0.3, -0.25) is 0 Å². The monoisotopic (exact) mass is 726 g/mol. The molecular weight excluding hydrogens is 699 g/mol. The summed E-state index contributed by atoms with van der Waals surface area (Å²) in [4.78, 5) is 7.27. The van der Waals surface area contributed by atoms with E-state index in [0.29, 0.717) is 11.1 Å². The molecule has 4 nitrogen and oxygen atoms in total. The summed E-state index contributed by atoms with van der Waals surface area (Å²) in [5, 5.41) is 3.63. The maximum absolute atomic E-state index is 14.1. The number of aromatic amines is 2. The zero-order chi connectivity index (χ0) is 37.5.